The van der Waals surface area contributed by atoms with Crippen LogP contribution in [0.3, 0.4) is 0 Å². The third-order valence-corrected chi connectivity index (χ3v) is 2.93. The molecule has 0 saturated carbocycles. The van der Waals surface area contributed by atoms with Crippen LogP contribution in [0.1, 0.15) is 18.5 Å². The maximum atomic E-state index is 5.91. The number of para-hydroxylation sites is 1. The van der Waals surface area contributed by atoms with Crippen LogP contribution < -0.4 is 10.5 Å². The van der Waals surface area contributed by atoms with Gasteiger partial charge < -0.3 is 10.5 Å². The van der Waals surface area contributed by atoms with E-state index in [4.69, 9.17) is 10.5 Å². The Hall–Kier alpha value is -1.32. The van der Waals surface area contributed by atoms with E-state index < -0.39 is 0 Å². The number of halogens is 1. The van der Waals surface area contributed by atoms with Crippen LogP contribution in [0.15, 0.2) is 53.0 Å². The van der Waals surface area contributed by atoms with Gasteiger partial charge in [-0.1, -0.05) is 40.2 Å². The molecule has 3 heteroatoms. The molecule has 0 aromatic heterocycles. The molecule has 0 saturated heterocycles. The van der Waals surface area contributed by atoms with Gasteiger partial charge in [0.25, 0.3) is 0 Å². The van der Waals surface area contributed by atoms with Crippen molar-refractivity contribution < 1.29 is 4.74 Å². The monoisotopic (exact) mass is 291 g/mol. The van der Waals surface area contributed by atoms with Crippen molar-refractivity contribution in [2.75, 3.05) is 0 Å². The fourth-order valence-electron chi connectivity index (χ4n) is 1.61. The molecule has 2 nitrogen and oxygen atoms in total. The summed E-state index contributed by atoms with van der Waals surface area (Å²) in [5.74, 6) is 1.60. The van der Waals surface area contributed by atoms with Crippen LogP contribution in [0.25, 0.3) is 0 Å². The largest absolute Gasteiger partial charge is 0.457 e. The SMILES string of the molecule is CC(N)c1ccccc1Oc1cccc(Br)c1. The highest BCUT2D eigenvalue weighted by Gasteiger charge is 2.07. The van der Waals surface area contributed by atoms with E-state index in [1.165, 1.54) is 0 Å². The third-order valence-electron chi connectivity index (χ3n) is 2.43. The van der Waals surface area contributed by atoms with Gasteiger partial charge in [0.1, 0.15) is 11.5 Å². The Morgan fingerprint density at radius 1 is 1.12 bits per heavy atom. The number of rotatable bonds is 3. The molecule has 0 spiro atoms. The van der Waals surface area contributed by atoms with E-state index in [9.17, 15) is 0 Å². The summed E-state index contributed by atoms with van der Waals surface area (Å²) in [6.45, 7) is 1.95. The quantitative estimate of drug-likeness (QED) is 0.917. The molecular weight excluding hydrogens is 278 g/mol. The Labute approximate surface area is 110 Å². The van der Waals surface area contributed by atoms with Crippen LogP contribution in [0.5, 0.6) is 11.5 Å². The smallest absolute Gasteiger partial charge is 0.132 e. The third kappa shape index (κ3) is 3.08. The average molecular weight is 292 g/mol. The first-order valence-corrected chi connectivity index (χ1v) is 6.24. The van der Waals surface area contributed by atoms with Crippen LogP contribution >= 0.6 is 15.9 Å². The van der Waals surface area contributed by atoms with Gasteiger partial charge in [0.15, 0.2) is 0 Å². The molecular formula is C14H14BrNO. The summed E-state index contributed by atoms with van der Waals surface area (Å²) in [5, 5.41) is 0. The van der Waals surface area contributed by atoms with Crippen LogP contribution in [-0.2, 0) is 0 Å². The van der Waals surface area contributed by atoms with Crippen molar-refractivity contribution in [3.05, 3.63) is 58.6 Å². The lowest BCUT2D eigenvalue weighted by atomic mass is 10.1. The molecule has 0 amide bonds. The predicted octanol–water partition coefficient (Wildman–Crippen LogP) is 4.26. The van der Waals surface area contributed by atoms with Crippen molar-refractivity contribution in [2.45, 2.75) is 13.0 Å². The standard InChI is InChI=1S/C14H14BrNO/c1-10(16)13-7-2-3-8-14(13)17-12-6-4-5-11(15)9-12/h2-10H,16H2,1H3. The van der Waals surface area contributed by atoms with Crippen LogP contribution in [0.4, 0.5) is 0 Å². The first kappa shape index (κ1) is 12.1. The van der Waals surface area contributed by atoms with Crippen molar-refractivity contribution >= 4 is 15.9 Å². The highest BCUT2D eigenvalue weighted by atomic mass is 79.9. The number of hydrogen-bond donors (Lipinski definition) is 1. The van der Waals surface area contributed by atoms with E-state index in [1.807, 2.05) is 55.5 Å². The average Bonchev–Trinajstić information content (AvgIpc) is 2.29. The number of hydrogen-bond acceptors (Lipinski definition) is 2. The summed E-state index contributed by atoms with van der Waals surface area (Å²) in [6, 6.07) is 15.5. The number of nitrogens with two attached hydrogens (primary N) is 1. The van der Waals surface area contributed by atoms with E-state index >= 15 is 0 Å². The Morgan fingerprint density at radius 2 is 1.88 bits per heavy atom. The molecule has 0 heterocycles. The second-order valence-electron chi connectivity index (χ2n) is 3.89. The molecule has 0 aliphatic carbocycles. The van der Waals surface area contributed by atoms with E-state index in [0.717, 1.165) is 21.5 Å². The lowest BCUT2D eigenvalue weighted by Crippen LogP contribution is -2.06. The number of ether oxygens (including phenoxy) is 1. The topological polar surface area (TPSA) is 35.2 Å². The van der Waals surface area contributed by atoms with Gasteiger partial charge in [-0.05, 0) is 31.2 Å². The van der Waals surface area contributed by atoms with E-state index in [2.05, 4.69) is 15.9 Å². The molecule has 2 aromatic carbocycles. The lowest BCUT2D eigenvalue weighted by Gasteiger charge is -2.13. The lowest BCUT2D eigenvalue weighted by molar-refractivity contribution is 0.472. The van der Waals surface area contributed by atoms with Gasteiger partial charge in [-0.25, -0.2) is 0 Å². The fraction of sp³-hybridized carbons (Fsp3) is 0.143. The molecule has 2 aromatic rings. The Kier molecular flexibility index (Phi) is 3.82. The Balaban J connectivity index is 2.30. The van der Waals surface area contributed by atoms with Crippen LogP contribution in [0, 0.1) is 0 Å². The van der Waals surface area contributed by atoms with Crippen molar-refractivity contribution in [1.29, 1.82) is 0 Å². The maximum Gasteiger partial charge on any atom is 0.132 e. The van der Waals surface area contributed by atoms with E-state index in [0.29, 0.717) is 0 Å². The van der Waals surface area contributed by atoms with E-state index in [-0.39, 0.29) is 6.04 Å². The second kappa shape index (κ2) is 5.34. The molecule has 88 valence electrons. The van der Waals surface area contributed by atoms with Gasteiger partial charge in [-0.2, -0.15) is 0 Å². The highest BCUT2D eigenvalue weighted by molar-refractivity contribution is 9.10. The molecule has 0 aliphatic heterocycles. The zero-order valence-electron chi connectivity index (χ0n) is 9.56. The maximum absolute atomic E-state index is 5.91. The molecule has 1 unspecified atom stereocenters. The summed E-state index contributed by atoms with van der Waals surface area (Å²) in [4.78, 5) is 0. The van der Waals surface area contributed by atoms with Crippen molar-refractivity contribution in [1.82, 2.24) is 0 Å². The first-order chi connectivity index (χ1) is 8.16. The molecule has 0 fully saturated rings. The van der Waals surface area contributed by atoms with Gasteiger partial charge in [-0.15, -0.1) is 0 Å². The van der Waals surface area contributed by atoms with Gasteiger partial charge in [0.2, 0.25) is 0 Å². The predicted molar refractivity (Wildman–Crippen MR) is 73.3 cm³/mol. The zero-order chi connectivity index (χ0) is 12.3. The minimum Gasteiger partial charge on any atom is -0.457 e. The van der Waals surface area contributed by atoms with Gasteiger partial charge >= 0.3 is 0 Å². The molecule has 1 atom stereocenters. The summed E-state index contributed by atoms with van der Waals surface area (Å²) < 4.78 is 6.84. The molecule has 0 radical (unpaired) electrons. The summed E-state index contributed by atoms with van der Waals surface area (Å²) in [5.41, 5.74) is 6.92. The molecule has 2 rings (SSSR count). The van der Waals surface area contributed by atoms with Crippen molar-refractivity contribution in [2.24, 2.45) is 5.73 Å². The van der Waals surface area contributed by atoms with Crippen LogP contribution in [-0.4, -0.2) is 0 Å². The van der Waals surface area contributed by atoms with E-state index in [1.54, 1.807) is 0 Å². The van der Waals surface area contributed by atoms with Gasteiger partial charge in [0.05, 0.1) is 0 Å². The van der Waals surface area contributed by atoms with Gasteiger partial charge in [-0.3, -0.25) is 0 Å². The second-order valence-corrected chi connectivity index (χ2v) is 4.80. The fourth-order valence-corrected chi connectivity index (χ4v) is 1.99. The summed E-state index contributed by atoms with van der Waals surface area (Å²) >= 11 is 3.42. The molecule has 0 aliphatic rings. The minimum absolute atomic E-state index is 0.0432. The van der Waals surface area contributed by atoms with Crippen molar-refractivity contribution in [3.8, 4) is 11.5 Å². The van der Waals surface area contributed by atoms with Crippen LogP contribution in [0.2, 0.25) is 0 Å². The Bertz CT molecular complexity index is 511. The summed E-state index contributed by atoms with van der Waals surface area (Å²) in [6.07, 6.45) is 0. The number of benzene rings is 2. The highest BCUT2D eigenvalue weighted by Crippen LogP contribution is 2.29. The molecule has 2 N–H and O–H groups in total. The first-order valence-electron chi connectivity index (χ1n) is 5.45. The van der Waals surface area contributed by atoms with Gasteiger partial charge in [0, 0.05) is 16.1 Å². The normalized spacial score (nSPS) is 12.2. The Morgan fingerprint density at radius 3 is 2.59 bits per heavy atom. The molecule has 17 heavy (non-hydrogen) atoms. The zero-order valence-corrected chi connectivity index (χ0v) is 11.1. The minimum atomic E-state index is -0.0432. The van der Waals surface area contributed by atoms with Crippen molar-refractivity contribution in [3.63, 3.8) is 0 Å². The summed E-state index contributed by atoms with van der Waals surface area (Å²) in [7, 11) is 0. The molecule has 0 bridgehead atoms.